The van der Waals surface area contributed by atoms with Gasteiger partial charge in [0.1, 0.15) is 6.04 Å². The Kier molecular flexibility index (Phi) is 2.42. The summed E-state index contributed by atoms with van der Waals surface area (Å²) in [5, 5.41) is 14.8. The van der Waals surface area contributed by atoms with Crippen LogP contribution in [0.1, 0.15) is 25.7 Å². The largest absolute Gasteiger partial charge is 0.343 e. The third kappa shape index (κ3) is 1.88. The molecule has 1 aliphatic carbocycles. The van der Waals surface area contributed by atoms with Crippen LogP contribution in [0.4, 0.5) is 0 Å². The summed E-state index contributed by atoms with van der Waals surface area (Å²) in [6, 6.07) is 1.80. The highest BCUT2D eigenvalue weighted by molar-refractivity contribution is 5.47. The minimum Gasteiger partial charge on any atom is -0.343 e. The molecule has 0 bridgehead atoms. The summed E-state index contributed by atoms with van der Waals surface area (Å²) < 4.78 is 0. The van der Waals surface area contributed by atoms with Crippen LogP contribution in [0.3, 0.4) is 0 Å². The Morgan fingerprint density at radius 3 is 3.00 bits per heavy atom. The van der Waals surface area contributed by atoms with Gasteiger partial charge >= 0.3 is 0 Å². The van der Waals surface area contributed by atoms with Crippen LogP contribution in [-0.2, 0) is 4.79 Å². The van der Waals surface area contributed by atoms with Gasteiger partial charge in [-0.3, -0.25) is 4.79 Å². The molecule has 4 nitrogen and oxygen atoms in total. The first-order valence-corrected chi connectivity index (χ1v) is 5.12. The number of nitrogens with zero attached hydrogens (tertiary/aromatic N) is 1. The van der Waals surface area contributed by atoms with Gasteiger partial charge in [0.25, 0.3) is 0 Å². The molecule has 1 amide bonds. The number of carbonyl (C=O) groups excluding carboxylic acids is 1. The van der Waals surface area contributed by atoms with Gasteiger partial charge in [0.05, 0.1) is 6.07 Å². The fraction of sp³-hybridized carbons (Fsp3) is 0.800. The van der Waals surface area contributed by atoms with E-state index >= 15 is 0 Å². The first kappa shape index (κ1) is 9.47. The van der Waals surface area contributed by atoms with Crippen LogP contribution in [-0.4, -0.2) is 24.5 Å². The lowest BCUT2D eigenvalue weighted by atomic mass is 9.97. The minimum atomic E-state index is -0.312. The summed E-state index contributed by atoms with van der Waals surface area (Å²) in [7, 11) is 0. The van der Waals surface area contributed by atoms with Gasteiger partial charge in [0.15, 0.2) is 0 Å². The van der Waals surface area contributed by atoms with Crippen LogP contribution < -0.4 is 10.6 Å². The highest BCUT2D eigenvalue weighted by atomic mass is 16.1. The van der Waals surface area contributed by atoms with Crippen LogP contribution in [0.25, 0.3) is 0 Å². The number of hydrogen-bond donors (Lipinski definition) is 2. The Bertz CT molecular complexity index is 267. The average molecular weight is 193 g/mol. The predicted molar refractivity (Wildman–Crippen MR) is 51.3 cm³/mol. The molecule has 0 aromatic rings. The van der Waals surface area contributed by atoms with Crippen LogP contribution >= 0.6 is 0 Å². The monoisotopic (exact) mass is 193 g/mol. The van der Waals surface area contributed by atoms with E-state index in [2.05, 4.69) is 16.7 Å². The van der Waals surface area contributed by atoms with Gasteiger partial charge < -0.3 is 10.6 Å². The normalized spacial score (nSPS) is 29.5. The lowest BCUT2D eigenvalue weighted by Gasteiger charge is -2.12. The molecule has 2 atom stereocenters. The van der Waals surface area contributed by atoms with Crippen molar-refractivity contribution in [1.82, 2.24) is 10.6 Å². The van der Waals surface area contributed by atoms with E-state index in [1.165, 1.54) is 19.3 Å². The third-order valence-electron chi connectivity index (χ3n) is 3.29. The molecule has 1 aliphatic heterocycles. The second-order valence-electron chi connectivity index (χ2n) is 4.43. The Morgan fingerprint density at radius 1 is 1.71 bits per heavy atom. The summed E-state index contributed by atoms with van der Waals surface area (Å²) in [6.07, 6.45) is 5.13. The molecule has 1 saturated heterocycles. The van der Waals surface area contributed by atoms with Crippen LogP contribution in [0.5, 0.6) is 0 Å². The highest BCUT2D eigenvalue weighted by Crippen LogP contribution is 2.45. The molecule has 0 unspecified atom stereocenters. The number of rotatable bonds is 4. The molecular weight excluding hydrogens is 178 g/mol. The first-order valence-electron chi connectivity index (χ1n) is 5.12. The quantitative estimate of drug-likeness (QED) is 0.625. The zero-order chi connectivity index (χ0) is 10.0. The molecule has 76 valence electrons. The number of amides is 1. The van der Waals surface area contributed by atoms with Crippen molar-refractivity contribution in [2.75, 3.05) is 6.54 Å². The van der Waals surface area contributed by atoms with Crippen molar-refractivity contribution in [3.8, 4) is 6.07 Å². The van der Waals surface area contributed by atoms with Gasteiger partial charge in [-0.05, 0) is 38.1 Å². The summed E-state index contributed by atoms with van der Waals surface area (Å²) >= 11 is 0. The number of carbonyl (C=O) groups is 1. The van der Waals surface area contributed by atoms with Crippen LogP contribution in [0, 0.1) is 17.2 Å². The van der Waals surface area contributed by atoms with Crippen molar-refractivity contribution in [3.63, 3.8) is 0 Å². The van der Waals surface area contributed by atoms with Crippen molar-refractivity contribution in [2.24, 2.45) is 5.92 Å². The number of nitrogens with one attached hydrogen (secondary N) is 2. The van der Waals surface area contributed by atoms with Gasteiger partial charge in [0.2, 0.25) is 6.41 Å². The third-order valence-corrected chi connectivity index (χ3v) is 3.29. The zero-order valence-electron chi connectivity index (χ0n) is 8.12. The van der Waals surface area contributed by atoms with E-state index in [0.29, 0.717) is 17.9 Å². The van der Waals surface area contributed by atoms with Gasteiger partial charge in [-0.15, -0.1) is 0 Å². The van der Waals surface area contributed by atoms with E-state index < -0.39 is 0 Å². The summed E-state index contributed by atoms with van der Waals surface area (Å²) in [6.45, 7) is 0.999. The maximum Gasteiger partial charge on any atom is 0.208 e. The zero-order valence-corrected chi connectivity index (χ0v) is 8.12. The Labute approximate surface area is 83.7 Å². The molecule has 2 N–H and O–H groups in total. The van der Waals surface area contributed by atoms with Crippen molar-refractivity contribution >= 4 is 6.41 Å². The highest BCUT2D eigenvalue weighted by Gasteiger charge is 2.48. The first-order chi connectivity index (χ1) is 6.78. The van der Waals surface area contributed by atoms with Crippen LogP contribution in [0.15, 0.2) is 0 Å². The van der Waals surface area contributed by atoms with Crippen LogP contribution in [0.2, 0.25) is 0 Å². The molecule has 1 heterocycles. The van der Waals surface area contributed by atoms with Gasteiger partial charge in [-0.25, -0.2) is 0 Å². The van der Waals surface area contributed by atoms with E-state index in [0.717, 1.165) is 13.0 Å². The van der Waals surface area contributed by atoms with E-state index in [9.17, 15) is 4.79 Å². The summed E-state index contributed by atoms with van der Waals surface area (Å²) in [4.78, 5) is 10.2. The number of hydrogen-bond acceptors (Lipinski definition) is 3. The molecule has 14 heavy (non-hydrogen) atoms. The fourth-order valence-corrected chi connectivity index (χ4v) is 2.33. The molecule has 4 heteroatoms. The smallest absolute Gasteiger partial charge is 0.208 e. The van der Waals surface area contributed by atoms with E-state index in [-0.39, 0.29) is 6.04 Å². The Morgan fingerprint density at radius 2 is 2.50 bits per heavy atom. The SMILES string of the molecule is N#C[C@H](C[C@H]1CNC2(CC2)C1)NC=O. The molecule has 2 fully saturated rings. The molecule has 2 aliphatic rings. The standard InChI is InChI=1S/C10H15N3O/c11-5-9(12-7-14)3-8-4-10(1-2-10)13-6-8/h7-9,13H,1-4,6H2,(H,12,14)/t8-,9+/m1/s1. The summed E-state index contributed by atoms with van der Waals surface area (Å²) in [5.41, 5.74) is 0.422. The van der Waals surface area contributed by atoms with Crippen molar-refractivity contribution < 1.29 is 4.79 Å². The number of nitriles is 1. The minimum absolute atomic E-state index is 0.312. The fourth-order valence-electron chi connectivity index (χ4n) is 2.33. The predicted octanol–water partition coefficient (Wildman–Crippen LogP) is 0.157. The van der Waals surface area contributed by atoms with Gasteiger partial charge in [-0.2, -0.15) is 5.26 Å². The molecule has 1 saturated carbocycles. The van der Waals surface area contributed by atoms with Crippen molar-refractivity contribution in [2.45, 2.75) is 37.3 Å². The van der Waals surface area contributed by atoms with E-state index in [1.807, 2.05) is 0 Å². The van der Waals surface area contributed by atoms with E-state index in [1.54, 1.807) is 0 Å². The van der Waals surface area contributed by atoms with E-state index in [4.69, 9.17) is 5.26 Å². The van der Waals surface area contributed by atoms with Crippen molar-refractivity contribution in [3.05, 3.63) is 0 Å². The van der Waals surface area contributed by atoms with Gasteiger partial charge in [0, 0.05) is 5.54 Å². The topological polar surface area (TPSA) is 64.9 Å². The summed E-state index contributed by atoms with van der Waals surface area (Å²) in [5.74, 6) is 0.551. The maximum absolute atomic E-state index is 10.2. The molecule has 0 radical (unpaired) electrons. The Hall–Kier alpha value is -1.08. The van der Waals surface area contributed by atoms with Crippen molar-refractivity contribution in [1.29, 1.82) is 5.26 Å². The molecule has 1 spiro atoms. The average Bonchev–Trinajstić information content (AvgIpc) is 2.81. The second kappa shape index (κ2) is 3.58. The second-order valence-corrected chi connectivity index (χ2v) is 4.43. The van der Waals surface area contributed by atoms with Gasteiger partial charge in [-0.1, -0.05) is 0 Å². The molecule has 0 aromatic carbocycles. The maximum atomic E-state index is 10.2. The Balaban J connectivity index is 1.80. The molecular formula is C10H15N3O. The lowest BCUT2D eigenvalue weighted by molar-refractivity contribution is -0.109. The molecule has 2 rings (SSSR count). The molecule has 0 aromatic heterocycles. The lowest BCUT2D eigenvalue weighted by Crippen LogP contribution is -2.29.